The van der Waals surface area contributed by atoms with E-state index >= 15 is 0 Å². The van der Waals surface area contributed by atoms with Gasteiger partial charge in [-0.3, -0.25) is 10.1 Å². The summed E-state index contributed by atoms with van der Waals surface area (Å²) in [5.41, 5.74) is 2.06. The van der Waals surface area contributed by atoms with E-state index in [9.17, 15) is 10.1 Å². The average molecular weight is 261 g/mol. The summed E-state index contributed by atoms with van der Waals surface area (Å²) in [5, 5.41) is 14.4. The molecule has 0 unspecified atom stereocenters. The topological polar surface area (TPSA) is 58.4 Å². The van der Waals surface area contributed by atoms with Gasteiger partial charge in [-0.1, -0.05) is 0 Å². The molecule has 1 aromatic rings. The minimum Gasteiger partial charge on any atom is -0.370 e. The number of nitro groups is 1. The molecule has 0 saturated carbocycles. The normalized spacial score (nSPS) is 26.3. The number of benzene rings is 1. The molecule has 0 spiro atoms. The second-order valence-corrected chi connectivity index (χ2v) is 5.60. The second-order valence-electron chi connectivity index (χ2n) is 5.60. The smallest absolute Gasteiger partial charge is 0.272 e. The van der Waals surface area contributed by atoms with Crippen LogP contribution in [-0.4, -0.2) is 30.6 Å². The minimum atomic E-state index is -0.315. The van der Waals surface area contributed by atoms with E-state index in [1.165, 1.54) is 12.8 Å². The third kappa shape index (κ3) is 2.30. The van der Waals surface area contributed by atoms with Gasteiger partial charge in [0, 0.05) is 36.4 Å². The number of hydrogen-bond donors (Lipinski definition) is 1. The SMILES string of the molecule is Cc1cc(N2C[C@@H]3CCCN[C@@H]3C2)ccc1[N+](=O)[O-]. The molecule has 0 radical (unpaired) electrons. The van der Waals surface area contributed by atoms with Crippen molar-refractivity contribution in [2.45, 2.75) is 25.8 Å². The lowest BCUT2D eigenvalue weighted by atomic mass is 9.94. The quantitative estimate of drug-likeness (QED) is 0.654. The molecule has 2 atom stereocenters. The number of anilines is 1. The molecule has 1 N–H and O–H groups in total. The van der Waals surface area contributed by atoms with Crippen LogP contribution in [0.3, 0.4) is 0 Å². The van der Waals surface area contributed by atoms with Gasteiger partial charge in [0.15, 0.2) is 0 Å². The highest BCUT2D eigenvalue weighted by atomic mass is 16.6. The van der Waals surface area contributed by atoms with Gasteiger partial charge in [0.1, 0.15) is 0 Å². The lowest BCUT2D eigenvalue weighted by molar-refractivity contribution is -0.385. The number of hydrogen-bond acceptors (Lipinski definition) is 4. The van der Waals surface area contributed by atoms with Crippen LogP contribution in [0.2, 0.25) is 0 Å². The summed E-state index contributed by atoms with van der Waals surface area (Å²) in [6.07, 6.45) is 2.55. The Morgan fingerprint density at radius 3 is 2.95 bits per heavy atom. The van der Waals surface area contributed by atoms with E-state index in [2.05, 4.69) is 10.2 Å². The zero-order valence-electron chi connectivity index (χ0n) is 11.1. The molecule has 3 rings (SSSR count). The van der Waals surface area contributed by atoms with Gasteiger partial charge in [0.25, 0.3) is 5.69 Å². The number of nitrogens with zero attached hydrogens (tertiary/aromatic N) is 2. The van der Waals surface area contributed by atoms with Gasteiger partial charge in [-0.05, 0) is 44.4 Å². The molecular formula is C14H19N3O2. The number of piperidine rings is 1. The molecule has 2 heterocycles. The van der Waals surface area contributed by atoms with E-state index in [-0.39, 0.29) is 10.6 Å². The Morgan fingerprint density at radius 1 is 1.42 bits per heavy atom. The van der Waals surface area contributed by atoms with Crippen LogP contribution in [0, 0.1) is 23.0 Å². The van der Waals surface area contributed by atoms with E-state index in [1.807, 2.05) is 19.1 Å². The monoisotopic (exact) mass is 261 g/mol. The minimum absolute atomic E-state index is 0.207. The highest BCUT2D eigenvalue weighted by Gasteiger charge is 2.34. The third-order valence-corrected chi connectivity index (χ3v) is 4.34. The van der Waals surface area contributed by atoms with Gasteiger partial charge in [-0.2, -0.15) is 0 Å². The van der Waals surface area contributed by atoms with E-state index in [0.29, 0.717) is 6.04 Å². The standard InChI is InChI=1S/C14H19N3O2/c1-10-7-12(4-5-14(10)17(18)19)16-8-11-3-2-6-15-13(11)9-16/h4-5,7,11,13,15H,2-3,6,8-9H2,1H3/t11-,13+/m0/s1. The molecule has 2 aliphatic heterocycles. The first-order valence-corrected chi connectivity index (χ1v) is 6.88. The first-order chi connectivity index (χ1) is 9.15. The van der Waals surface area contributed by atoms with Crippen molar-refractivity contribution in [3.8, 4) is 0 Å². The largest absolute Gasteiger partial charge is 0.370 e. The zero-order valence-corrected chi connectivity index (χ0v) is 11.1. The number of fused-ring (bicyclic) bond motifs is 1. The Kier molecular flexibility index (Phi) is 3.14. The van der Waals surface area contributed by atoms with Crippen molar-refractivity contribution in [3.05, 3.63) is 33.9 Å². The van der Waals surface area contributed by atoms with Gasteiger partial charge in [0.05, 0.1) is 4.92 Å². The summed E-state index contributed by atoms with van der Waals surface area (Å²) in [6.45, 7) is 5.01. The maximum atomic E-state index is 10.8. The molecule has 5 nitrogen and oxygen atoms in total. The van der Waals surface area contributed by atoms with E-state index in [1.54, 1.807) is 6.07 Å². The van der Waals surface area contributed by atoms with E-state index < -0.39 is 0 Å². The van der Waals surface area contributed by atoms with Crippen molar-refractivity contribution in [1.29, 1.82) is 0 Å². The third-order valence-electron chi connectivity index (χ3n) is 4.34. The molecule has 19 heavy (non-hydrogen) atoms. The van der Waals surface area contributed by atoms with Crippen LogP contribution in [0.15, 0.2) is 18.2 Å². The second kappa shape index (κ2) is 4.81. The summed E-state index contributed by atoms with van der Waals surface area (Å²) >= 11 is 0. The molecular weight excluding hydrogens is 242 g/mol. The molecule has 0 aromatic heterocycles. The average Bonchev–Trinajstić information content (AvgIpc) is 2.81. The first-order valence-electron chi connectivity index (χ1n) is 6.88. The summed E-state index contributed by atoms with van der Waals surface area (Å²) in [5.74, 6) is 0.726. The maximum absolute atomic E-state index is 10.8. The number of rotatable bonds is 2. The Labute approximate surface area is 112 Å². The van der Waals surface area contributed by atoms with Crippen LogP contribution >= 0.6 is 0 Å². The van der Waals surface area contributed by atoms with Crippen LogP contribution in [0.1, 0.15) is 18.4 Å². The fourth-order valence-corrected chi connectivity index (χ4v) is 3.30. The Hall–Kier alpha value is -1.62. The van der Waals surface area contributed by atoms with Crippen LogP contribution in [0.4, 0.5) is 11.4 Å². The molecule has 0 amide bonds. The highest BCUT2D eigenvalue weighted by Crippen LogP contribution is 2.31. The van der Waals surface area contributed by atoms with Crippen LogP contribution in [0.25, 0.3) is 0 Å². The van der Waals surface area contributed by atoms with Crippen molar-refractivity contribution in [3.63, 3.8) is 0 Å². The van der Waals surface area contributed by atoms with Crippen LogP contribution < -0.4 is 10.2 Å². The molecule has 0 bridgehead atoms. The van der Waals surface area contributed by atoms with Crippen LogP contribution in [0.5, 0.6) is 0 Å². The van der Waals surface area contributed by atoms with E-state index in [4.69, 9.17) is 0 Å². The first kappa shape index (κ1) is 12.4. The summed E-state index contributed by atoms with van der Waals surface area (Å²) in [4.78, 5) is 12.9. The Bertz CT molecular complexity index is 489. The maximum Gasteiger partial charge on any atom is 0.272 e. The van der Waals surface area contributed by atoms with Gasteiger partial charge in [-0.15, -0.1) is 0 Å². The lowest BCUT2D eigenvalue weighted by Gasteiger charge is -2.24. The molecule has 2 aliphatic rings. The molecule has 2 saturated heterocycles. The Balaban J connectivity index is 1.80. The lowest BCUT2D eigenvalue weighted by Crippen LogP contribution is -2.40. The predicted octanol–water partition coefficient (Wildman–Crippen LogP) is 2.09. The summed E-state index contributed by atoms with van der Waals surface area (Å²) in [7, 11) is 0. The molecule has 102 valence electrons. The summed E-state index contributed by atoms with van der Waals surface area (Å²) < 4.78 is 0. The van der Waals surface area contributed by atoms with Gasteiger partial charge in [-0.25, -0.2) is 0 Å². The van der Waals surface area contributed by atoms with Crippen molar-refractivity contribution < 1.29 is 4.92 Å². The zero-order chi connectivity index (χ0) is 13.4. The Morgan fingerprint density at radius 2 is 2.26 bits per heavy atom. The van der Waals surface area contributed by atoms with Crippen LogP contribution in [-0.2, 0) is 0 Å². The number of aryl methyl sites for hydroxylation is 1. The van der Waals surface area contributed by atoms with Crippen molar-refractivity contribution >= 4 is 11.4 Å². The summed E-state index contributed by atoms with van der Waals surface area (Å²) in [6, 6.07) is 6.03. The molecule has 2 fully saturated rings. The molecule has 5 heteroatoms. The van der Waals surface area contributed by atoms with Gasteiger partial charge < -0.3 is 10.2 Å². The molecule has 1 aromatic carbocycles. The van der Waals surface area contributed by atoms with Gasteiger partial charge >= 0.3 is 0 Å². The van der Waals surface area contributed by atoms with Crippen molar-refractivity contribution in [1.82, 2.24) is 5.32 Å². The number of nitrogens with one attached hydrogen (secondary N) is 1. The highest BCUT2D eigenvalue weighted by molar-refractivity contribution is 5.56. The predicted molar refractivity (Wildman–Crippen MR) is 74.6 cm³/mol. The van der Waals surface area contributed by atoms with Crippen molar-refractivity contribution in [2.75, 3.05) is 24.5 Å². The molecule has 0 aliphatic carbocycles. The van der Waals surface area contributed by atoms with Gasteiger partial charge in [0.2, 0.25) is 0 Å². The van der Waals surface area contributed by atoms with E-state index in [0.717, 1.165) is 36.8 Å². The van der Waals surface area contributed by atoms with Crippen molar-refractivity contribution in [2.24, 2.45) is 5.92 Å². The fourth-order valence-electron chi connectivity index (χ4n) is 3.30. The number of nitro benzene ring substituents is 1. The fraction of sp³-hybridized carbons (Fsp3) is 0.571.